The summed E-state index contributed by atoms with van der Waals surface area (Å²) in [5.74, 6) is 1.39. The van der Waals surface area contributed by atoms with Crippen LogP contribution in [0.5, 0.6) is 0 Å². The highest BCUT2D eigenvalue weighted by Gasteiger charge is 2.22. The molecule has 116 valence electrons. The molecule has 1 aliphatic carbocycles. The topological polar surface area (TPSA) is 66.9 Å². The van der Waals surface area contributed by atoms with Crippen molar-refractivity contribution in [3.8, 4) is 0 Å². The van der Waals surface area contributed by atoms with Crippen molar-refractivity contribution in [2.45, 2.75) is 58.4 Å². The second-order valence-electron chi connectivity index (χ2n) is 5.82. The minimum absolute atomic E-state index is 0.109. The van der Waals surface area contributed by atoms with Crippen molar-refractivity contribution in [3.05, 3.63) is 18.1 Å². The van der Waals surface area contributed by atoms with Crippen LogP contribution in [-0.2, 0) is 0 Å². The van der Waals surface area contributed by atoms with Gasteiger partial charge in [-0.3, -0.25) is 9.78 Å². The van der Waals surface area contributed by atoms with E-state index in [2.05, 4.69) is 34.4 Å². The quantitative estimate of drug-likeness (QED) is 0.845. The second kappa shape index (κ2) is 7.96. The lowest BCUT2D eigenvalue weighted by atomic mass is 9.84. The summed E-state index contributed by atoms with van der Waals surface area (Å²) in [5, 5.41) is 6.25. The zero-order valence-electron chi connectivity index (χ0n) is 13.1. The number of rotatable bonds is 6. The van der Waals surface area contributed by atoms with Crippen LogP contribution in [-0.4, -0.2) is 28.5 Å². The number of nitrogens with zero attached hydrogens (tertiary/aromatic N) is 2. The van der Waals surface area contributed by atoms with E-state index in [1.807, 2.05) is 0 Å². The van der Waals surface area contributed by atoms with Gasteiger partial charge in [0.15, 0.2) is 0 Å². The van der Waals surface area contributed by atoms with Gasteiger partial charge in [-0.1, -0.05) is 20.3 Å². The molecule has 1 saturated carbocycles. The van der Waals surface area contributed by atoms with Crippen LogP contribution < -0.4 is 10.6 Å². The average molecular weight is 290 g/mol. The maximum atomic E-state index is 12.2. The Morgan fingerprint density at radius 3 is 2.67 bits per heavy atom. The van der Waals surface area contributed by atoms with E-state index in [1.54, 1.807) is 6.20 Å². The van der Waals surface area contributed by atoms with Crippen molar-refractivity contribution < 1.29 is 4.79 Å². The van der Waals surface area contributed by atoms with Crippen molar-refractivity contribution in [2.24, 2.45) is 5.92 Å². The molecule has 2 rings (SSSR count). The Hall–Kier alpha value is -1.65. The van der Waals surface area contributed by atoms with Gasteiger partial charge in [0, 0.05) is 12.6 Å². The number of anilines is 1. The third-order valence-corrected chi connectivity index (χ3v) is 4.18. The molecular weight excluding hydrogens is 264 g/mol. The summed E-state index contributed by atoms with van der Waals surface area (Å²) in [7, 11) is 0. The van der Waals surface area contributed by atoms with Gasteiger partial charge in [0.2, 0.25) is 0 Å². The maximum absolute atomic E-state index is 12.2. The minimum atomic E-state index is -0.109. The van der Waals surface area contributed by atoms with E-state index in [9.17, 15) is 4.79 Å². The number of nitrogens with one attached hydrogen (secondary N) is 2. The molecule has 5 nitrogen and oxygen atoms in total. The Morgan fingerprint density at radius 1 is 1.24 bits per heavy atom. The van der Waals surface area contributed by atoms with E-state index in [4.69, 9.17) is 0 Å². The van der Waals surface area contributed by atoms with Crippen LogP contribution in [0.2, 0.25) is 0 Å². The third-order valence-electron chi connectivity index (χ3n) is 4.18. The predicted molar refractivity (Wildman–Crippen MR) is 84.3 cm³/mol. The lowest BCUT2D eigenvalue weighted by Crippen LogP contribution is -2.38. The van der Waals surface area contributed by atoms with E-state index in [-0.39, 0.29) is 11.9 Å². The Labute approximate surface area is 127 Å². The fraction of sp³-hybridized carbons (Fsp3) is 0.688. The molecule has 1 amide bonds. The summed E-state index contributed by atoms with van der Waals surface area (Å²) in [6, 6.07) is 0.286. The van der Waals surface area contributed by atoms with Crippen LogP contribution in [0, 0.1) is 5.92 Å². The van der Waals surface area contributed by atoms with Gasteiger partial charge >= 0.3 is 0 Å². The average Bonchev–Trinajstić information content (AvgIpc) is 2.54. The van der Waals surface area contributed by atoms with E-state index in [0.29, 0.717) is 11.5 Å². The van der Waals surface area contributed by atoms with Gasteiger partial charge in [0.05, 0.1) is 12.4 Å². The molecule has 0 unspecified atom stereocenters. The van der Waals surface area contributed by atoms with Gasteiger partial charge in [-0.25, -0.2) is 4.98 Å². The number of amides is 1. The smallest absolute Gasteiger partial charge is 0.271 e. The van der Waals surface area contributed by atoms with Crippen LogP contribution in [0.1, 0.15) is 62.9 Å². The molecule has 0 saturated heterocycles. The highest BCUT2D eigenvalue weighted by Crippen LogP contribution is 2.26. The summed E-state index contributed by atoms with van der Waals surface area (Å²) in [6.07, 6.45) is 10.0. The summed E-state index contributed by atoms with van der Waals surface area (Å²) in [4.78, 5) is 20.7. The van der Waals surface area contributed by atoms with Crippen molar-refractivity contribution >= 4 is 11.7 Å². The molecule has 0 bridgehead atoms. The monoisotopic (exact) mass is 290 g/mol. The number of hydrogen-bond donors (Lipinski definition) is 2. The van der Waals surface area contributed by atoms with Gasteiger partial charge < -0.3 is 10.6 Å². The molecule has 1 aromatic rings. The molecule has 21 heavy (non-hydrogen) atoms. The van der Waals surface area contributed by atoms with Gasteiger partial charge in [-0.05, 0) is 38.0 Å². The van der Waals surface area contributed by atoms with Crippen LogP contribution in [0.3, 0.4) is 0 Å². The summed E-state index contributed by atoms with van der Waals surface area (Å²) < 4.78 is 0. The molecular formula is C16H26N4O. The van der Waals surface area contributed by atoms with Crippen LogP contribution in [0.15, 0.2) is 12.4 Å². The first kappa shape index (κ1) is 15.7. The van der Waals surface area contributed by atoms with Gasteiger partial charge in [0.25, 0.3) is 5.91 Å². The first-order chi connectivity index (χ1) is 10.2. The molecule has 5 heteroatoms. The minimum Gasteiger partial charge on any atom is -0.369 e. The molecule has 0 aromatic carbocycles. The van der Waals surface area contributed by atoms with Crippen LogP contribution >= 0.6 is 0 Å². The first-order valence-electron chi connectivity index (χ1n) is 8.09. The van der Waals surface area contributed by atoms with Crippen molar-refractivity contribution in [1.82, 2.24) is 15.3 Å². The fourth-order valence-corrected chi connectivity index (χ4v) is 2.79. The highest BCUT2D eigenvalue weighted by molar-refractivity contribution is 5.92. The highest BCUT2D eigenvalue weighted by atomic mass is 16.1. The second-order valence-corrected chi connectivity index (χ2v) is 5.82. The number of hydrogen-bond acceptors (Lipinski definition) is 4. The maximum Gasteiger partial charge on any atom is 0.271 e. The number of carbonyl (C=O) groups excluding carboxylic acids is 1. The molecule has 2 N–H and O–H groups in total. The van der Waals surface area contributed by atoms with Crippen molar-refractivity contribution in [1.29, 1.82) is 0 Å². The molecule has 0 spiro atoms. The van der Waals surface area contributed by atoms with E-state index < -0.39 is 0 Å². The Bertz CT molecular complexity index is 455. The van der Waals surface area contributed by atoms with E-state index in [0.717, 1.165) is 31.7 Å². The van der Waals surface area contributed by atoms with Crippen molar-refractivity contribution in [3.63, 3.8) is 0 Å². The Balaban J connectivity index is 1.88. The zero-order valence-corrected chi connectivity index (χ0v) is 13.1. The molecule has 1 heterocycles. The van der Waals surface area contributed by atoms with Crippen molar-refractivity contribution in [2.75, 3.05) is 11.9 Å². The van der Waals surface area contributed by atoms with Crippen LogP contribution in [0.25, 0.3) is 0 Å². The number of aromatic nitrogens is 2. The van der Waals surface area contributed by atoms with Gasteiger partial charge in [-0.2, -0.15) is 0 Å². The first-order valence-corrected chi connectivity index (χ1v) is 8.09. The molecule has 1 fully saturated rings. The Morgan fingerprint density at radius 2 is 2.00 bits per heavy atom. The largest absolute Gasteiger partial charge is 0.369 e. The molecule has 0 aliphatic heterocycles. The molecule has 0 atom stereocenters. The van der Waals surface area contributed by atoms with E-state index >= 15 is 0 Å². The fourth-order valence-electron chi connectivity index (χ4n) is 2.79. The predicted octanol–water partition coefficient (Wildman–Crippen LogP) is 3.00. The number of carbonyl (C=O) groups is 1. The SMILES string of the molecule is CCCNc1cncc(C(=O)NC2CCC(CC)CC2)n1. The molecule has 1 aliphatic rings. The third kappa shape index (κ3) is 4.69. The van der Waals surface area contributed by atoms with Gasteiger partial charge in [0.1, 0.15) is 11.5 Å². The summed E-state index contributed by atoms with van der Waals surface area (Å²) in [5.41, 5.74) is 0.397. The summed E-state index contributed by atoms with van der Waals surface area (Å²) >= 11 is 0. The Kier molecular flexibility index (Phi) is 5.96. The molecule has 1 aromatic heterocycles. The normalized spacial score (nSPS) is 21.8. The molecule has 0 radical (unpaired) electrons. The standard InChI is InChI=1S/C16H26N4O/c1-3-9-18-15-11-17-10-14(20-15)16(21)19-13-7-5-12(4-2)6-8-13/h10-13H,3-9H2,1-2H3,(H,18,20)(H,19,21). The lowest BCUT2D eigenvalue weighted by molar-refractivity contribution is 0.0916. The van der Waals surface area contributed by atoms with Gasteiger partial charge in [-0.15, -0.1) is 0 Å². The zero-order chi connectivity index (χ0) is 15.1. The van der Waals surface area contributed by atoms with Crippen LogP contribution in [0.4, 0.5) is 5.82 Å². The van der Waals surface area contributed by atoms with E-state index in [1.165, 1.54) is 25.5 Å². The lowest BCUT2D eigenvalue weighted by Gasteiger charge is -2.28. The summed E-state index contributed by atoms with van der Waals surface area (Å²) in [6.45, 7) is 5.17.